The molecule has 0 saturated heterocycles. The van der Waals surface area contributed by atoms with E-state index in [-0.39, 0.29) is 5.91 Å². The van der Waals surface area contributed by atoms with Crippen molar-refractivity contribution in [3.05, 3.63) is 24.3 Å². The molecule has 0 N–H and O–H groups in total. The first-order valence-corrected chi connectivity index (χ1v) is 4.80. The van der Waals surface area contributed by atoms with Gasteiger partial charge in [-0.1, -0.05) is 12.1 Å². The maximum Gasteiger partial charge on any atom is 0.340 e. The summed E-state index contributed by atoms with van der Waals surface area (Å²) in [7, 11) is 2.86. The van der Waals surface area contributed by atoms with E-state index in [1.54, 1.807) is 25.2 Å². The monoisotopic (exact) mass is 219 g/mol. The first-order valence-electron chi connectivity index (χ1n) is 4.80. The van der Waals surface area contributed by atoms with Crippen LogP contribution in [0.4, 0.5) is 11.4 Å². The van der Waals surface area contributed by atoms with Gasteiger partial charge in [0, 0.05) is 7.05 Å². The molecule has 0 bridgehead atoms. The highest BCUT2D eigenvalue weighted by Crippen LogP contribution is 2.30. The quantitative estimate of drug-likeness (QED) is 0.508. The summed E-state index contributed by atoms with van der Waals surface area (Å²) < 4.78 is 4.54. The maximum atomic E-state index is 11.8. The zero-order valence-electron chi connectivity index (χ0n) is 9.01. The van der Waals surface area contributed by atoms with Gasteiger partial charge in [-0.15, -0.1) is 0 Å². The van der Waals surface area contributed by atoms with Crippen molar-refractivity contribution in [3.8, 4) is 0 Å². The van der Waals surface area contributed by atoms with E-state index in [4.69, 9.17) is 0 Å². The molecule has 1 radical (unpaired) electrons. The molecule has 0 saturated carbocycles. The number of ether oxygens (including phenoxy) is 1. The van der Waals surface area contributed by atoms with Crippen molar-refractivity contribution in [2.45, 2.75) is 6.04 Å². The number of methoxy groups -OCH3 is 1. The number of carbonyl (C=O) groups is 2. The van der Waals surface area contributed by atoms with E-state index in [0.717, 1.165) is 0 Å². The lowest BCUT2D eigenvalue weighted by Gasteiger charge is -2.29. The highest BCUT2D eigenvalue weighted by atomic mass is 16.5. The summed E-state index contributed by atoms with van der Waals surface area (Å²) in [6, 6.07) is 6.08. The Kier molecular flexibility index (Phi) is 2.52. The molecule has 5 nitrogen and oxygen atoms in total. The number of benzene rings is 1. The molecule has 16 heavy (non-hydrogen) atoms. The van der Waals surface area contributed by atoms with Gasteiger partial charge in [-0.2, -0.15) is 0 Å². The van der Waals surface area contributed by atoms with E-state index in [2.05, 4.69) is 10.1 Å². The van der Waals surface area contributed by atoms with Gasteiger partial charge in [-0.25, -0.2) is 4.79 Å². The second kappa shape index (κ2) is 3.84. The van der Waals surface area contributed by atoms with Gasteiger partial charge in [0.1, 0.15) is 0 Å². The van der Waals surface area contributed by atoms with Gasteiger partial charge in [0.15, 0.2) is 0 Å². The molecule has 1 aromatic rings. The number of hydrogen-bond donors (Lipinski definition) is 0. The first-order chi connectivity index (χ1) is 7.65. The molecule has 1 heterocycles. The Morgan fingerprint density at radius 2 is 2.12 bits per heavy atom. The molecule has 5 heteroatoms. The molecule has 1 aliphatic heterocycles. The third kappa shape index (κ3) is 1.50. The van der Waals surface area contributed by atoms with Crippen molar-refractivity contribution >= 4 is 23.3 Å². The number of esters is 1. The third-order valence-corrected chi connectivity index (χ3v) is 2.50. The van der Waals surface area contributed by atoms with Crippen LogP contribution >= 0.6 is 0 Å². The second-order valence-corrected chi connectivity index (χ2v) is 3.44. The van der Waals surface area contributed by atoms with E-state index in [9.17, 15) is 9.59 Å². The van der Waals surface area contributed by atoms with E-state index in [1.807, 2.05) is 6.07 Å². The predicted molar refractivity (Wildman–Crippen MR) is 57.5 cm³/mol. The zero-order chi connectivity index (χ0) is 11.7. The molecule has 0 fully saturated rings. The van der Waals surface area contributed by atoms with Crippen LogP contribution in [-0.2, 0) is 14.3 Å². The number of carbonyl (C=O) groups excluding carboxylic acids is 2. The standard InChI is InChI=1S/C11H11N2O3/c1-13-8-6-4-3-5-7(8)12-9(10(13)14)11(15)16-2/h3-6,9H,1-2H3/t9-/m1/s1. The first kappa shape index (κ1) is 10.5. The Hall–Kier alpha value is -2.04. The lowest BCUT2D eigenvalue weighted by atomic mass is 10.1. The van der Waals surface area contributed by atoms with E-state index in [0.29, 0.717) is 11.4 Å². The number of para-hydroxylation sites is 2. The number of nitrogens with zero attached hydrogens (tertiary/aromatic N) is 2. The van der Waals surface area contributed by atoms with Gasteiger partial charge in [-0.05, 0) is 12.1 Å². The topological polar surface area (TPSA) is 60.7 Å². The highest BCUT2D eigenvalue weighted by Gasteiger charge is 2.37. The predicted octanol–water partition coefficient (Wildman–Crippen LogP) is 0.440. The lowest BCUT2D eigenvalue weighted by Crippen LogP contribution is -2.49. The van der Waals surface area contributed by atoms with Crippen molar-refractivity contribution in [1.29, 1.82) is 0 Å². The molecule has 1 amide bonds. The molecule has 83 valence electrons. The fraction of sp³-hybridized carbons (Fsp3) is 0.273. The number of amides is 1. The maximum absolute atomic E-state index is 11.8. The van der Waals surface area contributed by atoms with Crippen molar-refractivity contribution in [2.75, 3.05) is 19.1 Å². The van der Waals surface area contributed by atoms with Gasteiger partial charge < -0.3 is 9.64 Å². The molecular weight excluding hydrogens is 208 g/mol. The Labute approximate surface area is 93.0 Å². The van der Waals surface area contributed by atoms with Crippen LogP contribution in [0.5, 0.6) is 0 Å². The molecule has 1 atom stereocenters. The van der Waals surface area contributed by atoms with Gasteiger partial charge in [-0.3, -0.25) is 10.1 Å². The summed E-state index contributed by atoms with van der Waals surface area (Å²) in [4.78, 5) is 24.6. The lowest BCUT2D eigenvalue weighted by molar-refractivity contribution is -0.146. The number of likely N-dealkylation sites (N-methyl/N-ethyl adjacent to an activating group) is 1. The minimum atomic E-state index is -1.08. The number of rotatable bonds is 1. The molecule has 1 aromatic carbocycles. The van der Waals surface area contributed by atoms with Crippen LogP contribution in [0.1, 0.15) is 0 Å². The molecule has 0 spiro atoms. The summed E-state index contributed by atoms with van der Waals surface area (Å²) in [5, 5.41) is 4.08. The van der Waals surface area contributed by atoms with Crippen LogP contribution in [0, 0.1) is 0 Å². The highest BCUT2D eigenvalue weighted by molar-refractivity contribution is 6.12. The summed E-state index contributed by atoms with van der Waals surface area (Å²) in [6.45, 7) is 0. The summed E-state index contributed by atoms with van der Waals surface area (Å²) >= 11 is 0. The number of anilines is 1. The van der Waals surface area contributed by atoms with Crippen LogP contribution in [-0.4, -0.2) is 32.1 Å². The van der Waals surface area contributed by atoms with Crippen LogP contribution < -0.4 is 10.2 Å². The van der Waals surface area contributed by atoms with Gasteiger partial charge in [0.05, 0.1) is 18.5 Å². The van der Waals surface area contributed by atoms with E-state index in [1.165, 1.54) is 12.0 Å². The molecular formula is C11H11N2O3. The van der Waals surface area contributed by atoms with Crippen molar-refractivity contribution in [2.24, 2.45) is 0 Å². The van der Waals surface area contributed by atoms with Crippen LogP contribution in [0.3, 0.4) is 0 Å². The minimum absolute atomic E-state index is 0.370. The largest absolute Gasteiger partial charge is 0.467 e. The third-order valence-electron chi connectivity index (χ3n) is 2.50. The SMILES string of the molecule is COC(=O)[C@@H]1[N]c2ccccc2N(C)C1=O. The average molecular weight is 219 g/mol. The van der Waals surface area contributed by atoms with Crippen molar-refractivity contribution < 1.29 is 14.3 Å². The molecule has 0 unspecified atom stereocenters. The average Bonchev–Trinajstić information content (AvgIpc) is 2.33. The number of hydrogen-bond acceptors (Lipinski definition) is 3. The molecule has 0 aliphatic carbocycles. The Morgan fingerprint density at radius 3 is 2.81 bits per heavy atom. The fourth-order valence-corrected chi connectivity index (χ4v) is 1.62. The van der Waals surface area contributed by atoms with Crippen LogP contribution in [0.15, 0.2) is 24.3 Å². The van der Waals surface area contributed by atoms with E-state index >= 15 is 0 Å². The fourth-order valence-electron chi connectivity index (χ4n) is 1.62. The zero-order valence-corrected chi connectivity index (χ0v) is 9.01. The van der Waals surface area contributed by atoms with Crippen molar-refractivity contribution in [1.82, 2.24) is 5.32 Å². The van der Waals surface area contributed by atoms with Crippen LogP contribution in [0.25, 0.3) is 0 Å². The van der Waals surface area contributed by atoms with Crippen molar-refractivity contribution in [3.63, 3.8) is 0 Å². The van der Waals surface area contributed by atoms with Gasteiger partial charge >= 0.3 is 5.97 Å². The molecule has 1 aliphatic rings. The minimum Gasteiger partial charge on any atom is -0.467 e. The van der Waals surface area contributed by atoms with Crippen LogP contribution in [0.2, 0.25) is 0 Å². The summed E-state index contributed by atoms with van der Waals surface area (Å²) in [5.74, 6) is -1.00. The summed E-state index contributed by atoms with van der Waals surface area (Å²) in [6.07, 6.45) is 0. The van der Waals surface area contributed by atoms with Gasteiger partial charge in [0.2, 0.25) is 6.04 Å². The summed E-state index contributed by atoms with van der Waals surface area (Å²) in [5.41, 5.74) is 1.33. The normalized spacial score (nSPS) is 18.8. The van der Waals surface area contributed by atoms with Gasteiger partial charge in [0.25, 0.3) is 5.91 Å². The Balaban J connectivity index is 2.39. The smallest absolute Gasteiger partial charge is 0.340 e. The van der Waals surface area contributed by atoms with E-state index < -0.39 is 12.0 Å². The Morgan fingerprint density at radius 1 is 1.44 bits per heavy atom. The molecule has 2 rings (SSSR count). The molecule has 0 aromatic heterocycles. The Bertz CT molecular complexity index is 445. The second-order valence-electron chi connectivity index (χ2n) is 3.44. The number of fused-ring (bicyclic) bond motifs is 1.